The zero-order valence-electron chi connectivity index (χ0n) is 18.5. The Morgan fingerprint density at radius 1 is 1.32 bits per heavy atom. The van der Waals surface area contributed by atoms with Crippen LogP contribution in [0.1, 0.15) is 55.5 Å². The summed E-state index contributed by atoms with van der Waals surface area (Å²) in [5.74, 6) is -0.695. The van der Waals surface area contributed by atoms with Gasteiger partial charge in [-0.05, 0) is 77.4 Å². The number of halogens is 1. The molecule has 0 aliphatic carbocycles. The van der Waals surface area contributed by atoms with Gasteiger partial charge in [0, 0.05) is 18.3 Å². The Morgan fingerprint density at radius 3 is 2.55 bits per heavy atom. The fourth-order valence-corrected chi connectivity index (χ4v) is 3.92. The van der Waals surface area contributed by atoms with Gasteiger partial charge in [0.15, 0.2) is 5.82 Å². The van der Waals surface area contributed by atoms with E-state index in [1.165, 1.54) is 10.6 Å². The van der Waals surface area contributed by atoms with E-state index in [1.54, 1.807) is 19.1 Å². The summed E-state index contributed by atoms with van der Waals surface area (Å²) in [4.78, 5) is 31.6. The van der Waals surface area contributed by atoms with Crippen LogP contribution in [0.3, 0.4) is 0 Å². The first-order chi connectivity index (χ1) is 14.7. The van der Waals surface area contributed by atoms with Gasteiger partial charge in [-0.1, -0.05) is 6.07 Å². The lowest BCUT2D eigenvalue weighted by molar-refractivity contribution is 0.0999. The number of rotatable bonds is 7. The van der Waals surface area contributed by atoms with Crippen molar-refractivity contribution in [3.8, 4) is 0 Å². The monoisotopic (exact) mass is 430 g/mol. The fraction of sp³-hybridized carbons (Fsp3) is 0.500. The number of piperidine rings is 1. The van der Waals surface area contributed by atoms with Crippen LogP contribution in [-0.4, -0.2) is 46.5 Å². The number of anilines is 3. The summed E-state index contributed by atoms with van der Waals surface area (Å²) in [6.07, 6.45) is 1.82. The Kier molecular flexibility index (Phi) is 6.94. The largest absolute Gasteiger partial charge is 0.365 e. The maximum absolute atomic E-state index is 14.9. The van der Waals surface area contributed by atoms with E-state index in [0.717, 1.165) is 25.9 Å². The predicted molar refractivity (Wildman–Crippen MR) is 121 cm³/mol. The molecule has 0 spiro atoms. The highest BCUT2D eigenvalue weighted by molar-refractivity contribution is 5.98. The number of primary amides is 1. The second-order valence-electron chi connectivity index (χ2n) is 8.31. The van der Waals surface area contributed by atoms with E-state index in [4.69, 9.17) is 5.73 Å². The molecule has 1 aromatic carbocycles. The number of hydrogen-bond donors (Lipinski definition) is 3. The molecule has 0 atom stereocenters. The van der Waals surface area contributed by atoms with E-state index in [1.807, 2.05) is 13.8 Å². The number of hydrogen-bond acceptors (Lipinski definition) is 6. The van der Waals surface area contributed by atoms with Crippen LogP contribution < -0.4 is 21.9 Å². The third kappa shape index (κ3) is 5.04. The lowest BCUT2D eigenvalue weighted by Gasteiger charge is -2.29. The van der Waals surface area contributed by atoms with Gasteiger partial charge in [-0.2, -0.15) is 4.98 Å². The van der Waals surface area contributed by atoms with Gasteiger partial charge in [-0.15, -0.1) is 0 Å². The van der Waals surface area contributed by atoms with E-state index >= 15 is 0 Å². The molecule has 8 nitrogen and oxygen atoms in total. The second-order valence-corrected chi connectivity index (χ2v) is 8.31. The Balaban J connectivity index is 1.96. The topological polar surface area (TPSA) is 105 Å². The van der Waals surface area contributed by atoms with Crippen molar-refractivity contribution in [3.63, 3.8) is 0 Å². The van der Waals surface area contributed by atoms with Gasteiger partial charge in [0.2, 0.25) is 5.95 Å². The third-order valence-electron chi connectivity index (χ3n) is 5.57. The van der Waals surface area contributed by atoms with Crippen LogP contribution in [-0.2, 0) is 6.54 Å². The first-order valence-electron chi connectivity index (χ1n) is 10.7. The number of carbonyl (C=O) groups is 1. The smallest absolute Gasteiger partial charge is 0.269 e. The van der Waals surface area contributed by atoms with Gasteiger partial charge in [0.1, 0.15) is 11.4 Å². The number of likely N-dealkylation sites (tertiary alicyclic amines) is 1. The molecule has 0 saturated carbocycles. The molecule has 168 valence electrons. The molecular weight excluding hydrogens is 399 g/mol. The van der Waals surface area contributed by atoms with Crippen molar-refractivity contribution in [1.29, 1.82) is 0 Å². The standard InChI is InChI=1S/C22H31FN6O2/c1-5-29-21(31)18(19(24)30)20(27-22(29)25-13(2)3)26-15-6-7-16(17(23)12-15)14-8-10-28(4)11-9-14/h6-7,12-14,26H,5,8-11H2,1-4H3,(H2,24,30)(H,25,27). The minimum absolute atomic E-state index is 0.0109. The predicted octanol–water partition coefficient (Wildman–Crippen LogP) is 2.87. The molecule has 0 radical (unpaired) electrons. The molecule has 0 unspecified atom stereocenters. The number of benzene rings is 1. The molecule has 1 saturated heterocycles. The number of nitrogens with one attached hydrogen (secondary N) is 2. The summed E-state index contributed by atoms with van der Waals surface area (Å²) in [5.41, 5.74) is 5.76. The molecular formula is C22H31FN6O2. The highest BCUT2D eigenvalue weighted by Gasteiger charge is 2.23. The number of aromatic nitrogens is 2. The number of amides is 1. The minimum atomic E-state index is -0.887. The van der Waals surface area contributed by atoms with Crippen LogP contribution in [0.15, 0.2) is 23.0 Å². The summed E-state index contributed by atoms with van der Waals surface area (Å²) < 4.78 is 16.3. The van der Waals surface area contributed by atoms with Crippen molar-refractivity contribution in [2.75, 3.05) is 30.8 Å². The summed E-state index contributed by atoms with van der Waals surface area (Å²) in [7, 11) is 2.07. The van der Waals surface area contributed by atoms with Crippen LogP contribution in [0.25, 0.3) is 0 Å². The van der Waals surface area contributed by atoms with Crippen molar-refractivity contribution in [3.05, 3.63) is 45.5 Å². The molecule has 1 aromatic heterocycles. The van der Waals surface area contributed by atoms with Crippen LogP contribution in [0.4, 0.5) is 21.8 Å². The van der Waals surface area contributed by atoms with Gasteiger partial charge in [-0.25, -0.2) is 4.39 Å². The molecule has 3 rings (SSSR count). The van der Waals surface area contributed by atoms with E-state index in [-0.39, 0.29) is 29.2 Å². The molecule has 1 aliphatic rings. The van der Waals surface area contributed by atoms with Crippen molar-refractivity contribution >= 4 is 23.4 Å². The maximum Gasteiger partial charge on any atom is 0.269 e. The van der Waals surface area contributed by atoms with Crippen molar-refractivity contribution in [1.82, 2.24) is 14.5 Å². The van der Waals surface area contributed by atoms with E-state index < -0.39 is 11.5 Å². The molecule has 9 heteroatoms. The molecule has 2 aromatic rings. The zero-order chi connectivity index (χ0) is 22.7. The first-order valence-corrected chi connectivity index (χ1v) is 10.7. The highest BCUT2D eigenvalue weighted by Crippen LogP contribution is 2.31. The van der Waals surface area contributed by atoms with Gasteiger partial charge in [0.05, 0.1) is 0 Å². The number of nitrogens with two attached hydrogens (primary N) is 1. The van der Waals surface area contributed by atoms with Crippen molar-refractivity contribution < 1.29 is 9.18 Å². The fourth-order valence-electron chi connectivity index (χ4n) is 3.92. The average molecular weight is 431 g/mol. The first kappa shape index (κ1) is 22.7. The summed E-state index contributed by atoms with van der Waals surface area (Å²) in [5, 5.41) is 6.03. The molecule has 1 amide bonds. The molecule has 0 bridgehead atoms. The molecule has 31 heavy (non-hydrogen) atoms. The third-order valence-corrected chi connectivity index (χ3v) is 5.57. The molecule has 1 fully saturated rings. The molecule has 2 heterocycles. The van der Waals surface area contributed by atoms with Crippen LogP contribution in [0.2, 0.25) is 0 Å². The van der Waals surface area contributed by atoms with Crippen LogP contribution in [0, 0.1) is 5.82 Å². The van der Waals surface area contributed by atoms with Gasteiger partial charge in [0.25, 0.3) is 11.5 Å². The van der Waals surface area contributed by atoms with Crippen molar-refractivity contribution in [2.45, 2.75) is 52.1 Å². The lowest BCUT2D eigenvalue weighted by atomic mass is 9.89. The van der Waals surface area contributed by atoms with Crippen molar-refractivity contribution in [2.24, 2.45) is 5.73 Å². The Hall–Kier alpha value is -2.94. The lowest BCUT2D eigenvalue weighted by Crippen LogP contribution is -2.34. The second kappa shape index (κ2) is 9.47. The summed E-state index contributed by atoms with van der Waals surface area (Å²) >= 11 is 0. The van der Waals surface area contributed by atoms with Crippen LogP contribution in [0.5, 0.6) is 0 Å². The SMILES string of the molecule is CCn1c(NC(C)C)nc(Nc2ccc(C3CCN(C)CC3)c(F)c2)c(C(N)=O)c1=O. The number of carbonyl (C=O) groups excluding carboxylic acids is 1. The van der Waals surface area contributed by atoms with Gasteiger partial charge in [-0.3, -0.25) is 14.2 Å². The average Bonchev–Trinajstić information content (AvgIpc) is 2.68. The summed E-state index contributed by atoms with van der Waals surface area (Å²) in [6, 6.07) is 4.90. The van der Waals surface area contributed by atoms with E-state index in [2.05, 4.69) is 27.6 Å². The normalized spacial score (nSPS) is 15.3. The molecule has 1 aliphatic heterocycles. The van der Waals surface area contributed by atoms with E-state index in [9.17, 15) is 14.0 Å². The quantitative estimate of drug-likeness (QED) is 0.624. The van der Waals surface area contributed by atoms with E-state index in [0.29, 0.717) is 23.7 Å². The Morgan fingerprint density at radius 2 is 2.00 bits per heavy atom. The van der Waals surface area contributed by atoms with Gasteiger partial charge < -0.3 is 21.3 Å². The number of nitrogens with zero attached hydrogens (tertiary/aromatic N) is 3. The Bertz CT molecular complexity index is 1010. The molecule has 4 N–H and O–H groups in total. The Labute approximate surface area is 181 Å². The minimum Gasteiger partial charge on any atom is -0.365 e. The maximum atomic E-state index is 14.9. The highest BCUT2D eigenvalue weighted by atomic mass is 19.1. The summed E-state index contributed by atoms with van der Waals surface area (Å²) in [6.45, 7) is 7.81. The zero-order valence-corrected chi connectivity index (χ0v) is 18.5. The van der Waals surface area contributed by atoms with Crippen LogP contribution >= 0.6 is 0 Å². The van der Waals surface area contributed by atoms with Gasteiger partial charge >= 0.3 is 0 Å².